The molecule has 6 nitrogen and oxygen atoms in total. The molecule has 0 bridgehead atoms. The van der Waals surface area contributed by atoms with Crippen LogP contribution in [0.3, 0.4) is 0 Å². The van der Waals surface area contributed by atoms with Crippen molar-refractivity contribution in [2.45, 2.75) is 52.4 Å². The number of aliphatic carboxylic acids is 2. The van der Waals surface area contributed by atoms with Gasteiger partial charge in [0.25, 0.3) is 0 Å². The standard InChI is InChI=1S/C13H22O6/c1-3-5-6-8-13(11(16)17,9-7-10(14)15)12(18)19-4-2/h3-9H2,1-2H3,(H,14,15)(H,16,17). The Labute approximate surface area is 112 Å². The highest BCUT2D eigenvalue weighted by atomic mass is 16.5. The predicted octanol–water partition coefficient (Wildman–Crippen LogP) is 2.07. The monoisotopic (exact) mass is 274 g/mol. The molecule has 0 heterocycles. The summed E-state index contributed by atoms with van der Waals surface area (Å²) < 4.78 is 4.82. The fourth-order valence-electron chi connectivity index (χ4n) is 1.90. The topological polar surface area (TPSA) is 101 Å². The van der Waals surface area contributed by atoms with E-state index in [1.54, 1.807) is 6.92 Å². The lowest BCUT2D eigenvalue weighted by Gasteiger charge is -2.26. The summed E-state index contributed by atoms with van der Waals surface area (Å²) >= 11 is 0. The van der Waals surface area contributed by atoms with E-state index in [0.29, 0.717) is 6.42 Å². The summed E-state index contributed by atoms with van der Waals surface area (Å²) in [6.07, 6.45) is 1.75. The zero-order valence-corrected chi connectivity index (χ0v) is 11.5. The molecule has 0 spiro atoms. The average molecular weight is 274 g/mol. The molecular weight excluding hydrogens is 252 g/mol. The van der Waals surface area contributed by atoms with Crippen LogP contribution in [0.5, 0.6) is 0 Å². The van der Waals surface area contributed by atoms with Gasteiger partial charge in [-0.15, -0.1) is 0 Å². The van der Waals surface area contributed by atoms with Gasteiger partial charge in [-0.05, 0) is 19.8 Å². The van der Waals surface area contributed by atoms with E-state index in [0.717, 1.165) is 12.8 Å². The number of carbonyl (C=O) groups excluding carboxylic acids is 1. The molecule has 0 aromatic heterocycles. The van der Waals surface area contributed by atoms with E-state index in [1.165, 1.54) is 0 Å². The lowest BCUT2D eigenvalue weighted by molar-refractivity contribution is -0.170. The number of rotatable bonds is 10. The first kappa shape index (κ1) is 17.4. The van der Waals surface area contributed by atoms with Crippen LogP contribution in [0.15, 0.2) is 0 Å². The van der Waals surface area contributed by atoms with E-state index in [-0.39, 0.29) is 25.9 Å². The van der Waals surface area contributed by atoms with Crippen LogP contribution >= 0.6 is 0 Å². The van der Waals surface area contributed by atoms with Crippen LogP contribution in [-0.4, -0.2) is 34.7 Å². The number of hydrogen-bond acceptors (Lipinski definition) is 4. The molecule has 19 heavy (non-hydrogen) atoms. The first-order valence-electron chi connectivity index (χ1n) is 6.53. The molecule has 1 unspecified atom stereocenters. The summed E-state index contributed by atoms with van der Waals surface area (Å²) in [5.74, 6) is -3.26. The highest BCUT2D eigenvalue weighted by molar-refractivity contribution is 5.99. The van der Waals surface area contributed by atoms with Gasteiger partial charge < -0.3 is 14.9 Å². The van der Waals surface area contributed by atoms with Crippen molar-refractivity contribution in [1.29, 1.82) is 0 Å². The minimum Gasteiger partial charge on any atom is -0.481 e. The highest BCUT2D eigenvalue weighted by Gasteiger charge is 2.47. The number of carboxylic acids is 2. The normalized spacial score (nSPS) is 13.6. The van der Waals surface area contributed by atoms with Crippen molar-refractivity contribution in [2.24, 2.45) is 5.41 Å². The maximum atomic E-state index is 11.9. The molecule has 110 valence electrons. The van der Waals surface area contributed by atoms with Gasteiger partial charge in [-0.3, -0.25) is 14.4 Å². The van der Waals surface area contributed by atoms with Gasteiger partial charge in [0, 0.05) is 6.42 Å². The van der Waals surface area contributed by atoms with Gasteiger partial charge in [-0.1, -0.05) is 26.2 Å². The van der Waals surface area contributed by atoms with Crippen molar-refractivity contribution in [3.8, 4) is 0 Å². The Balaban J connectivity index is 5.03. The Hall–Kier alpha value is -1.59. The second kappa shape index (κ2) is 8.50. The van der Waals surface area contributed by atoms with Crippen molar-refractivity contribution >= 4 is 17.9 Å². The molecule has 0 aromatic rings. The average Bonchev–Trinajstić information content (AvgIpc) is 2.33. The van der Waals surface area contributed by atoms with Crippen LogP contribution < -0.4 is 0 Å². The van der Waals surface area contributed by atoms with Gasteiger partial charge in [0.2, 0.25) is 0 Å². The van der Waals surface area contributed by atoms with E-state index in [9.17, 15) is 19.5 Å². The first-order chi connectivity index (χ1) is 8.90. The molecule has 0 aliphatic carbocycles. The van der Waals surface area contributed by atoms with E-state index in [2.05, 4.69) is 0 Å². The van der Waals surface area contributed by atoms with Crippen LogP contribution in [0.4, 0.5) is 0 Å². The maximum Gasteiger partial charge on any atom is 0.323 e. The van der Waals surface area contributed by atoms with Gasteiger partial charge in [-0.2, -0.15) is 0 Å². The van der Waals surface area contributed by atoms with Gasteiger partial charge >= 0.3 is 17.9 Å². The number of esters is 1. The van der Waals surface area contributed by atoms with E-state index in [1.807, 2.05) is 6.92 Å². The fraction of sp³-hybridized carbons (Fsp3) is 0.769. The number of ether oxygens (including phenoxy) is 1. The maximum absolute atomic E-state index is 11.9. The van der Waals surface area contributed by atoms with Crippen molar-refractivity contribution in [1.82, 2.24) is 0 Å². The number of hydrogen-bond donors (Lipinski definition) is 2. The molecule has 0 amide bonds. The second-order valence-electron chi connectivity index (χ2n) is 4.46. The lowest BCUT2D eigenvalue weighted by Crippen LogP contribution is -2.41. The Morgan fingerprint density at radius 2 is 1.68 bits per heavy atom. The summed E-state index contributed by atoms with van der Waals surface area (Å²) in [4.78, 5) is 34.0. The molecule has 0 saturated carbocycles. The van der Waals surface area contributed by atoms with E-state index >= 15 is 0 Å². The lowest BCUT2D eigenvalue weighted by atomic mass is 9.78. The third-order valence-electron chi connectivity index (χ3n) is 3.05. The predicted molar refractivity (Wildman–Crippen MR) is 67.7 cm³/mol. The molecule has 0 aromatic carbocycles. The zero-order chi connectivity index (χ0) is 14.9. The molecule has 0 fully saturated rings. The molecule has 0 aliphatic heterocycles. The Bertz CT molecular complexity index is 325. The van der Waals surface area contributed by atoms with E-state index in [4.69, 9.17) is 9.84 Å². The van der Waals surface area contributed by atoms with Crippen LogP contribution in [0.2, 0.25) is 0 Å². The van der Waals surface area contributed by atoms with Crippen molar-refractivity contribution < 1.29 is 29.3 Å². The fourth-order valence-corrected chi connectivity index (χ4v) is 1.90. The molecule has 0 saturated heterocycles. The number of carboxylic acid groups (broad SMARTS) is 2. The largest absolute Gasteiger partial charge is 0.481 e. The molecule has 0 rings (SSSR count). The van der Waals surface area contributed by atoms with Crippen LogP contribution in [0.25, 0.3) is 0 Å². The SMILES string of the molecule is CCCCCC(CCC(=O)O)(C(=O)O)C(=O)OCC. The van der Waals surface area contributed by atoms with Crippen LogP contribution in [-0.2, 0) is 19.1 Å². The summed E-state index contributed by atoms with van der Waals surface area (Å²) in [7, 11) is 0. The molecular formula is C13H22O6. The number of unbranched alkanes of at least 4 members (excludes halogenated alkanes) is 2. The summed E-state index contributed by atoms with van der Waals surface area (Å²) in [5.41, 5.74) is -1.73. The highest BCUT2D eigenvalue weighted by Crippen LogP contribution is 2.33. The summed E-state index contributed by atoms with van der Waals surface area (Å²) in [6, 6.07) is 0. The minimum absolute atomic E-state index is 0.0781. The Morgan fingerprint density at radius 1 is 1.05 bits per heavy atom. The quantitative estimate of drug-likeness (QED) is 0.359. The molecule has 0 aliphatic rings. The van der Waals surface area contributed by atoms with Crippen LogP contribution in [0, 0.1) is 5.41 Å². The van der Waals surface area contributed by atoms with Gasteiger partial charge in [0.05, 0.1) is 6.61 Å². The molecule has 2 N–H and O–H groups in total. The molecule has 6 heteroatoms. The van der Waals surface area contributed by atoms with Crippen molar-refractivity contribution in [3.05, 3.63) is 0 Å². The zero-order valence-electron chi connectivity index (χ0n) is 11.5. The van der Waals surface area contributed by atoms with Crippen LogP contribution in [0.1, 0.15) is 52.4 Å². The summed E-state index contributed by atoms with van der Waals surface area (Å²) in [5, 5.41) is 18.0. The minimum atomic E-state index is -1.73. The Kier molecular flexibility index (Phi) is 7.79. The van der Waals surface area contributed by atoms with E-state index < -0.39 is 23.3 Å². The molecule has 0 radical (unpaired) electrons. The third-order valence-corrected chi connectivity index (χ3v) is 3.05. The molecule has 1 atom stereocenters. The van der Waals surface area contributed by atoms with Gasteiger partial charge in [0.1, 0.15) is 0 Å². The third kappa shape index (κ3) is 5.28. The Morgan fingerprint density at radius 3 is 2.11 bits per heavy atom. The first-order valence-corrected chi connectivity index (χ1v) is 6.53. The number of carbonyl (C=O) groups is 3. The van der Waals surface area contributed by atoms with Gasteiger partial charge in [-0.25, -0.2) is 0 Å². The smallest absolute Gasteiger partial charge is 0.323 e. The summed E-state index contributed by atoms with van der Waals surface area (Å²) in [6.45, 7) is 3.63. The van der Waals surface area contributed by atoms with Crippen molar-refractivity contribution in [2.75, 3.05) is 6.61 Å². The van der Waals surface area contributed by atoms with Crippen molar-refractivity contribution in [3.63, 3.8) is 0 Å². The van der Waals surface area contributed by atoms with Gasteiger partial charge in [0.15, 0.2) is 5.41 Å². The second-order valence-corrected chi connectivity index (χ2v) is 4.46.